The van der Waals surface area contributed by atoms with Crippen LogP contribution in [0.15, 0.2) is 24.3 Å². The van der Waals surface area contributed by atoms with Crippen LogP contribution in [0.25, 0.3) is 0 Å². The molecule has 0 aliphatic heterocycles. The van der Waals surface area contributed by atoms with E-state index in [4.69, 9.17) is 10.6 Å². The van der Waals surface area contributed by atoms with Crippen molar-refractivity contribution in [3.05, 3.63) is 35.4 Å². The van der Waals surface area contributed by atoms with Crippen molar-refractivity contribution < 1.29 is 14.4 Å². The van der Waals surface area contributed by atoms with Gasteiger partial charge in [-0.25, -0.2) is 4.79 Å². The van der Waals surface area contributed by atoms with Crippen molar-refractivity contribution in [1.82, 2.24) is 5.06 Å². The van der Waals surface area contributed by atoms with Crippen molar-refractivity contribution in [2.45, 2.75) is 0 Å². The molecule has 15 heavy (non-hydrogen) atoms. The van der Waals surface area contributed by atoms with Gasteiger partial charge in [0.2, 0.25) is 5.91 Å². The molecule has 0 atom stereocenters. The molecule has 5 heteroatoms. The van der Waals surface area contributed by atoms with Crippen molar-refractivity contribution in [2.75, 3.05) is 14.1 Å². The Morgan fingerprint density at radius 2 is 1.73 bits per heavy atom. The van der Waals surface area contributed by atoms with Gasteiger partial charge in [0.15, 0.2) is 0 Å². The minimum absolute atomic E-state index is 0.157. The Hall–Kier alpha value is -1.88. The number of hydroxylamine groups is 2. The molecule has 2 N–H and O–H groups in total. The first-order valence-corrected chi connectivity index (χ1v) is 4.31. The summed E-state index contributed by atoms with van der Waals surface area (Å²) in [6, 6.07) is 6.24. The first-order chi connectivity index (χ1) is 7.02. The van der Waals surface area contributed by atoms with Gasteiger partial charge < -0.3 is 10.6 Å². The molecular formula is C10H12N2O3. The highest BCUT2D eigenvalue weighted by atomic mass is 16.7. The maximum absolute atomic E-state index is 11.5. The fraction of sp³-hybridized carbons (Fsp3) is 0.200. The minimum atomic E-state index is -0.652. The largest absolute Gasteiger partial charge is 0.366 e. The fourth-order valence-electron chi connectivity index (χ4n) is 1.09. The number of carbonyl (C=O) groups is 2. The number of carbonyl (C=O) groups excluding carboxylic acids is 2. The van der Waals surface area contributed by atoms with Crippen LogP contribution in [0.4, 0.5) is 0 Å². The predicted molar refractivity (Wildman–Crippen MR) is 54.1 cm³/mol. The Balaban J connectivity index is 3.03. The van der Waals surface area contributed by atoms with Gasteiger partial charge in [0.1, 0.15) is 0 Å². The van der Waals surface area contributed by atoms with E-state index in [1.54, 1.807) is 26.2 Å². The lowest BCUT2D eigenvalue weighted by Crippen LogP contribution is -2.22. The van der Waals surface area contributed by atoms with Crippen LogP contribution in [0.3, 0.4) is 0 Å². The van der Waals surface area contributed by atoms with E-state index < -0.39 is 11.9 Å². The van der Waals surface area contributed by atoms with Crippen molar-refractivity contribution >= 4 is 11.9 Å². The first kappa shape index (κ1) is 11.2. The molecule has 0 unspecified atom stereocenters. The summed E-state index contributed by atoms with van der Waals surface area (Å²) >= 11 is 0. The number of amides is 1. The van der Waals surface area contributed by atoms with E-state index in [1.807, 2.05) is 0 Å². The van der Waals surface area contributed by atoms with E-state index >= 15 is 0 Å². The highest BCUT2D eigenvalue weighted by Gasteiger charge is 2.16. The number of nitrogens with zero attached hydrogens (tertiary/aromatic N) is 1. The van der Waals surface area contributed by atoms with E-state index in [9.17, 15) is 9.59 Å². The van der Waals surface area contributed by atoms with Gasteiger partial charge in [-0.3, -0.25) is 4.79 Å². The van der Waals surface area contributed by atoms with Gasteiger partial charge in [-0.2, -0.15) is 0 Å². The third-order valence-corrected chi connectivity index (χ3v) is 1.68. The maximum Gasteiger partial charge on any atom is 0.357 e. The molecule has 0 aliphatic rings. The second kappa shape index (κ2) is 4.56. The lowest BCUT2D eigenvalue weighted by Gasteiger charge is -2.11. The van der Waals surface area contributed by atoms with E-state index in [-0.39, 0.29) is 11.1 Å². The minimum Gasteiger partial charge on any atom is -0.366 e. The standard InChI is InChI=1S/C10H12N2O3/c1-12(2)15-10(14)8-6-4-3-5-7(8)9(11)13/h3-6H,1-2H3,(H2,11,13). The second-order valence-corrected chi connectivity index (χ2v) is 3.10. The van der Waals surface area contributed by atoms with E-state index in [0.29, 0.717) is 0 Å². The highest BCUT2D eigenvalue weighted by Crippen LogP contribution is 2.09. The Kier molecular flexibility index (Phi) is 3.41. The molecule has 1 aromatic carbocycles. The smallest absolute Gasteiger partial charge is 0.357 e. The number of benzene rings is 1. The van der Waals surface area contributed by atoms with E-state index in [0.717, 1.165) is 0 Å². The average Bonchev–Trinajstić information content (AvgIpc) is 2.16. The SMILES string of the molecule is CN(C)OC(=O)c1ccccc1C(N)=O. The monoisotopic (exact) mass is 208 g/mol. The van der Waals surface area contributed by atoms with E-state index in [2.05, 4.69) is 0 Å². The lowest BCUT2D eigenvalue weighted by molar-refractivity contribution is -0.0714. The molecule has 0 heterocycles. The van der Waals surface area contributed by atoms with Crippen molar-refractivity contribution in [2.24, 2.45) is 5.73 Å². The Morgan fingerprint density at radius 3 is 2.20 bits per heavy atom. The van der Waals surface area contributed by atoms with Crippen molar-refractivity contribution in [3.8, 4) is 0 Å². The van der Waals surface area contributed by atoms with Crippen LogP contribution >= 0.6 is 0 Å². The van der Waals surface area contributed by atoms with E-state index in [1.165, 1.54) is 17.2 Å². The molecule has 0 bridgehead atoms. The van der Waals surface area contributed by atoms with Crippen LogP contribution in [0.1, 0.15) is 20.7 Å². The van der Waals surface area contributed by atoms with Gasteiger partial charge in [0.05, 0.1) is 11.1 Å². The molecule has 0 spiro atoms. The molecule has 0 radical (unpaired) electrons. The third kappa shape index (κ3) is 2.78. The zero-order chi connectivity index (χ0) is 11.4. The molecule has 1 aromatic rings. The molecule has 0 aromatic heterocycles. The van der Waals surface area contributed by atoms with Crippen LogP contribution in [0, 0.1) is 0 Å². The van der Waals surface area contributed by atoms with Gasteiger partial charge in [-0.15, -0.1) is 5.06 Å². The Morgan fingerprint density at radius 1 is 1.20 bits per heavy atom. The molecule has 0 saturated heterocycles. The summed E-state index contributed by atoms with van der Waals surface area (Å²) in [4.78, 5) is 27.3. The van der Waals surface area contributed by atoms with Gasteiger partial charge in [-0.05, 0) is 12.1 Å². The van der Waals surface area contributed by atoms with Crippen molar-refractivity contribution in [1.29, 1.82) is 0 Å². The predicted octanol–water partition coefficient (Wildman–Crippen LogP) is 0.419. The second-order valence-electron chi connectivity index (χ2n) is 3.10. The summed E-state index contributed by atoms with van der Waals surface area (Å²) in [5.74, 6) is -1.25. The topological polar surface area (TPSA) is 72.6 Å². The normalized spacial score (nSPS) is 10.1. The number of hydrogen-bond acceptors (Lipinski definition) is 4. The Bertz CT molecular complexity index is 388. The van der Waals surface area contributed by atoms with Crippen molar-refractivity contribution in [3.63, 3.8) is 0 Å². The van der Waals surface area contributed by atoms with Crippen LogP contribution < -0.4 is 5.73 Å². The third-order valence-electron chi connectivity index (χ3n) is 1.68. The average molecular weight is 208 g/mol. The molecule has 1 rings (SSSR count). The highest BCUT2D eigenvalue weighted by molar-refractivity contribution is 6.04. The zero-order valence-electron chi connectivity index (χ0n) is 8.56. The van der Waals surface area contributed by atoms with Gasteiger partial charge >= 0.3 is 5.97 Å². The lowest BCUT2D eigenvalue weighted by atomic mass is 10.1. The number of rotatable bonds is 3. The summed E-state index contributed by atoms with van der Waals surface area (Å²) in [5, 5.41) is 1.25. The summed E-state index contributed by atoms with van der Waals surface area (Å²) in [6.45, 7) is 0. The fourth-order valence-corrected chi connectivity index (χ4v) is 1.09. The number of hydrogen-bond donors (Lipinski definition) is 1. The zero-order valence-corrected chi connectivity index (χ0v) is 8.56. The summed E-state index contributed by atoms with van der Waals surface area (Å²) < 4.78 is 0. The summed E-state index contributed by atoms with van der Waals surface area (Å²) in [6.07, 6.45) is 0. The molecule has 0 saturated carbocycles. The molecule has 0 aliphatic carbocycles. The maximum atomic E-state index is 11.5. The van der Waals surface area contributed by atoms with Crippen LogP contribution in [-0.4, -0.2) is 31.0 Å². The van der Waals surface area contributed by atoms with Gasteiger partial charge in [0.25, 0.3) is 0 Å². The first-order valence-electron chi connectivity index (χ1n) is 4.31. The van der Waals surface area contributed by atoms with Gasteiger partial charge in [-0.1, -0.05) is 12.1 Å². The van der Waals surface area contributed by atoms with Crippen LogP contribution in [-0.2, 0) is 4.84 Å². The van der Waals surface area contributed by atoms with Crippen LogP contribution in [0.5, 0.6) is 0 Å². The molecule has 0 fully saturated rings. The quantitative estimate of drug-likeness (QED) is 0.730. The Labute approximate surface area is 87.4 Å². The molecule has 5 nitrogen and oxygen atoms in total. The molecule has 1 amide bonds. The summed E-state index contributed by atoms with van der Waals surface area (Å²) in [5.41, 5.74) is 5.45. The molecule has 80 valence electrons. The van der Waals surface area contributed by atoms with Gasteiger partial charge in [0, 0.05) is 14.1 Å². The van der Waals surface area contributed by atoms with Crippen LogP contribution in [0.2, 0.25) is 0 Å². The number of primary amides is 1. The number of nitrogens with two attached hydrogens (primary N) is 1. The molecular weight excluding hydrogens is 196 g/mol. The summed E-state index contributed by atoms with van der Waals surface area (Å²) in [7, 11) is 3.15.